The number of guanidine groups is 1. The minimum atomic E-state index is 0. The maximum Gasteiger partial charge on any atom is 0.236 e. The first-order valence-electron chi connectivity index (χ1n) is 9.93. The van der Waals surface area contributed by atoms with Gasteiger partial charge in [0.1, 0.15) is 18.1 Å². The molecule has 1 atom stereocenters. The number of rotatable bonds is 5. The molecule has 0 spiro atoms. The molecule has 2 aromatic heterocycles. The number of benzene rings is 1. The average Bonchev–Trinajstić information content (AvgIpc) is 3.43. The highest BCUT2D eigenvalue weighted by atomic mass is 127. The number of nitrogens with zero attached hydrogens (tertiary/aromatic N) is 3. The summed E-state index contributed by atoms with van der Waals surface area (Å²) in [6, 6.07) is 12.4. The van der Waals surface area contributed by atoms with Crippen LogP contribution in [0.4, 0.5) is 0 Å². The molecule has 1 aromatic carbocycles. The van der Waals surface area contributed by atoms with Crippen molar-refractivity contribution in [2.24, 2.45) is 4.99 Å². The van der Waals surface area contributed by atoms with E-state index in [1.54, 1.807) is 17.6 Å². The first-order chi connectivity index (χ1) is 14.2. The van der Waals surface area contributed by atoms with E-state index in [0.29, 0.717) is 19.0 Å². The average molecular weight is 538 g/mol. The zero-order chi connectivity index (χ0) is 20.1. The van der Waals surface area contributed by atoms with Gasteiger partial charge < -0.3 is 19.4 Å². The summed E-state index contributed by atoms with van der Waals surface area (Å²) in [5.41, 5.74) is 3.32. The van der Waals surface area contributed by atoms with E-state index in [2.05, 4.69) is 53.3 Å². The molecule has 3 aromatic rings. The molecule has 0 bridgehead atoms. The molecule has 0 saturated carbocycles. The number of morpholine rings is 1. The Labute approximate surface area is 198 Å². The molecule has 1 saturated heterocycles. The molecule has 6 nitrogen and oxygen atoms in total. The lowest BCUT2D eigenvalue weighted by molar-refractivity contribution is -0.00834. The van der Waals surface area contributed by atoms with Crippen molar-refractivity contribution in [1.29, 1.82) is 0 Å². The van der Waals surface area contributed by atoms with Gasteiger partial charge in [0, 0.05) is 13.1 Å². The highest BCUT2D eigenvalue weighted by molar-refractivity contribution is 14.0. The van der Waals surface area contributed by atoms with Crippen LogP contribution in [0.25, 0.3) is 10.8 Å². The Morgan fingerprint density at radius 1 is 1.30 bits per heavy atom. The fourth-order valence-corrected chi connectivity index (χ4v) is 4.11. The Balaban J connectivity index is 0.00000256. The number of thiophene rings is 1. The molecule has 30 heavy (non-hydrogen) atoms. The van der Waals surface area contributed by atoms with Crippen LogP contribution in [0.1, 0.15) is 29.8 Å². The summed E-state index contributed by atoms with van der Waals surface area (Å²) in [6.45, 7) is 7.76. The number of aryl methyl sites for hydroxylation is 1. The van der Waals surface area contributed by atoms with Gasteiger partial charge in [-0.3, -0.25) is 0 Å². The van der Waals surface area contributed by atoms with E-state index in [4.69, 9.17) is 14.1 Å². The first kappa shape index (κ1) is 22.8. The van der Waals surface area contributed by atoms with E-state index in [1.807, 2.05) is 17.5 Å². The van der Waals surface area contributed by atoms with E-state index in [1.165, 1.54) is 11.1 Å². The number of aromatic nitrogens is 1. The quantitative estimate of drug-likeness (QED) is 0.286. The molecule has 0 radical (unpaired) electrons. The SMILES string of the molecule is CCNC(=NCc1coc(-c2cccs2)n1)N1CCOC(c2ccccc2C)C1.I. The van der Waals surface area contributed by atoms with Gasteiger partial charge in [-0.2, -0.15) is 0 Å². The van der Waals surface area contributed by atoms with Crippen LogP contribution in [0.3, 0.4) is 0 Å². The smallest absolute Gasteiger partial charge is 0.236 e. The zero-order valence-corrected chi connectivity index (χ0v) is 20.4. The van der Waals surface area contributed by atoms with E-state index < -0.39 is 0 Å². The normalized spacial score (nSPS) is 16.9. The van der Waals surface area contributed by atoms with E-state index in [-0.39, 0.29) is 30.1 Å². The summed E-state index contributed by atoms with van der Waals surface area (Å²) < 4.78 is 11.7. The molecule has 8 heteroatoms. The minimum absolute atomic E-state index is 0. The zero-order valence-electron chi connectivity index (χ0n) is 17.2. The number of oxazole rings is 1. The first-order valence-corrected chi connectivity index (χ1v) is 10.8. The molecule has 1 aliphatic heterocycles. The maximum atomic E-state index is 6.06. The van der Waals surface area contributed by atoms with E-state index in [9.17, 15) is 0 Å². The van der Waals surface area contributed by atoms with Crippen LogP contribution in [-0.2, 0) is 11.3 Å². The molecule has 3 heterocycles. The number of ether oxygens (including phenoxy) is 1. The van der Waals surface area contributed by atoms with Crippen LogP contribution in [0.2, 0.25) is 0 Å². The molecular formula is C22H27IN4O2S. The van der Waals surface area contributed by atoms with Crippen molar-refractivity contribution >= 4 is 41.3 Å². The predicted octanol–water partition coefficient (Wildman–Crippen LogP) is 4.87. The Morgan fingerprint density at radius 3 is 2.93 bits per heavy atom. The standard InChI is InChI=1S/C22H26N4O2S.HI/c1-3-23-22(24-13-17-15-28-21(25-17)20-9-6-12-29-20)26-10-11-27-19(14-26)18-8-5-4-7-16(18)2;/h4-9,12,15,19H,3,10-11,13-14H2,1-2H3,(H,23,24);1H. The van der Waals surface area contributed by atoms with Crippen molar-refractivity contribution < 1.29 is 9.15 Å². The molecule has 1 fully saturated rings. The van der Waals surface area contributed by atoms with Gasteiger partial charge >= 0.3 is 0 Å². The van der Waals surface area contributed by atoms with Crippen molar-refractivity contribution in [3.8, 4) is 10.8 Å². The predicted molar refractivity (Wildman–Crippen MR) is 131 cm³/mol. The highest BCUT2D eigenvalue weighted by Gasteiger charge is 2.25. The van der Waals surface area contributed by atoms with Crippen LogP contribution < -0.4 is 5.32 Å². The lowest BCUT2D eigenvalue weighted by Gasteiger charge is -2.35. The monoisotopic (exact) mass is 538 g/mol. The van der Waals surface area contributed by atoms with Gasteiger partial charge in [0.2, 0.25) is 5.89 Å². The molecule has 160 valence electrons. The third-order valence-electron chi connectivity index (χ3n) is 4.91. The Morgan fingerprint density at radius 2 is 2.17 bits per heavy atom. The summed E-state index contributed by atoms with van der Waals surface area (Å²) >= 11 is 1.62. The second-order valence-electron chi connectivity index (χ2n) is 6.95. The summed E-state index contributed by atoms with van der Waals surface area (Å²) in [7, 11) is 0. The summed E-state index contributed by atoms with van der Waals surface area (Å²) in [6.07, 6.45) is 1.74. The van der Waals surface area contributed by atoms with Crippen molar-refractivity contribution in [1.82, 2.24) is 15.2 Å². The van der Waals surface area contributed by atoms with Crippen molar-refractivity contribution in [2.75, 3.05) is 26.2 Å². The molecule has 0 aliphatic carbocycles. The lowest BCUT2D eigenvalue weighted by atomic mass is 10.0. The lowest BCUT2D eigenvalue weighted by Crippen LogP contribution is -2.48. The van der Waals surface area contributed by atoms with Gasteiger partial charge in [0.05, 0.1) is 24.6 Å². The van der Waals surface area contributed by atoms with Crippen LogP contribution in [-0.4, -0.2) is 42.1 Å². The molecular weight excluding hydrogens is 511 g/mol. The molecule has 1 unspecified atom stereocenters. The third kappa shape index (κ3) is 5.41. The Kier molecular flexibility index (Phi) is 8.29. The van der Waals surface area contributed by atoms with Crippen molar-refractivity contribution in [3.63, 3.8) is 0 Å². The summed E-state index contributed by atoms with van der Waals surface area (Å²) in [4.78, 5) is 12.7. The van der Waals surface area contributed by atoms with Gasteiger partial charge in [-0.25, -0.2) is 9.98 Å². The van der Waals surface area contributed by atoms with Crippen molar-refractivity contribution in [3.05, 3.63) is 64.9 Å². The fraction of sp³-hybridized carbons (Fsp3) is 0.364. The number of hydrogen-bond donors (Lipinski definition) is 1. The van der Waals surface area contributed by atoms with Gasteiger partial charge in [0.25, 0.3) is 0 Å². The van der Waals surface area contributed by atoms with Crippen LogP contribution in [0, 0.1) is 6.92 Å². The maximum absolute atomic E-state index is 6.06. The van der Waals surface area contributed by atoms with E-state index in [0.717, 1.165) is 36.2 Å². The largest absolute Gasteiger partial charge is 0.443 e. The summed E-state index contributed by atoms with van der Waals surface area (Å²) in [5, 5.41) is 5.43. The number of hydrogen-bond acceptors (Lipinski definition) is 5. The number of nitrogens with one attached hydrogen (secondary N) is 1. The fourth-order valence-electron chi connectivity index (χ4n) is 3.45. The Hall–Kier alpha value is -1.91. The van der Waals surface area contributed by atoms with Crippen LogP contribution in [0.5, 0.6) is 0 Å². The van der Waals surface area contributed by atoms with E-state index >= 15 is 0 Å². The third-order valence-corrected chi connectivity index (χ3v) is 5.77. The topological polar surface area (TPSA) is 62.9 Å². The number of aliphatic imine (C=N–C) groups is 1. The van der Waals surface area contributed by atoms with Crippen LogP contribution in [0.15, 0.2) is 57.5 Å². The van der Waals surface area contributed by atoms with Crippen LogP contribution >= 0.6 is 35.3 Å². The van der Waals surface area contributed by atoms with Gasteiger partial charge in [0.15, 0.2) is 5.96 Å². The van der Waals surface area contributed by atoms with Gasteiger partial charge in [-0.1, -0.05) is 30.3 Å². The molecule has 1 aliphatic rings. The second-order valence-corrected chi connectivity index (χ2v) is 7.90. The van der Waals surface area contributed by atoms with Gasteiger partial charge in [-0.15, -0.1) is 35.3 Å². The summed E-state index contributed by atoms with van der Waals surface area (Å²) in [5.74, 6) is 1.54. The highest BCUT2D eigenvalue weighted by Crippen LogP contribution is 2.26. The minimum Gasteiger partial charge on any atom is -0.443 e. The van der Waals surface area contributed by atoms with Gasteiger partial charge in [-0.05, 0) is 36.4 Å². The Bertz CT molecular complexity index is 958. The molecule has 4 rings (SSSR count). The van der Waals surface area contributed by atoms with Crippen molar-refractivity contribution in [2.45, 2.75) is 26.5 Å². The number of halogens is 1. The molecule has 1 N–H and O–H groups in total. The second kappa shape index (κ2) is 10.9. The molecule has 0 amide bonds.